The molecule has 5 aliphatic heterocycles. The predicted octanol–water partition coefficient (Wildman–Crippen LogP) is 1.22. The minimum Gasteiger partial charge on any atom is -0.428 e. The maximum atomic E-state index is 13.4. The third-order valence-corrected chi connectivity index (χ3v) is 9.81. The van der Waals surface area contributed by atoms with Crippen molar-refractivity contribution in [1.82, 2.24) is 14.5 Å². The number of ether oxygens (including phenoxy) is 3. The molecule has 42 heavy (non-hydrogen) atoms. The van der Waals surface area contributed by atoms with Crippen molar-refractivity contribution >= 4 is 33.5 Å². The van der Waals surface area contributed by atoms with Crippen LogP contribution in [0.15, 0.2) is 53.8 Å². The molecule has 4 bridgehead atoms. The predicted molar refractivity (Wildman–Crippen MR) is 149 cm³/mol. The molecule has 1 spiro atoms. The van der Waals surface area contributed by atoms with E-state index >= 15 is 0 Å². The SMILES string of the molecule is CS(=O)(=O)N1c2cccc(OC(F)F)c2[N@+]23C=c4cc(-c5cnc(N6C7COCC6COC7)nc5)ccc4=N[C@H](C2)C13. The van der Waals surface area contributed by atoms with Crippen LogP contribution in [0.5, 0.6) is 5.75 Å². The molecule has 6 heterocycles. The zero-order valence-corrected chi connectivity index (χ0v) is 23.3. The van der Waals surface area contributed by atoms with E-state index in [1.54, 1.807) is 18.5 Å². The van der Waals surface area contributed by atoms with Gasteiger partial charge in [-0.05, 0) is 29.8 Å². The van der Waals surface area contributed by atoms with Gasteiger partial charge in [-0.3, -0.25) is 4.99 Å². The second-order valence-corrected chi connectivity index (χ2v) is 13.1. The van der Waals surface area contributed by atoms with Crippen LogP contribution in [-0.4, -0.2) is 88.5 Å². The molecule has 218 valence electrons. The molecule has 8 rings (SSSR count). The van der Waals surface area contributed by atoms with E-state index in [4.69, 9.17) is 19.2 Å². The molecule has 3 fully saturated rings. The summed E-state index contributed by atoms with van der Waals surface area (Å²) in [4.78, 5) is 16.5. The number of sulfonamides is 1. The van der Waals surface area contributed by atoms with Crippen molar-refractivity contribution in [1.29, 1.82) is 0 Å². The fraction of sp³-hybridized carbons (Fsp3) is 0.393. The normalized spacial score (nSPS) is 29.0. The molecular formula is C28H27F2N6O5S+. The molecule has 11 nitrogen and oxygen atoms in total. The van der Waals surface area contributed by atoms with E-state index in [-0.39, 0.29) is 28.4 Å². The molecule has 3 atom stereocenters. The third kappa shape index (κ3) is 3.78. The summed E-state index contributed by atoms with van der Waals surface area (Å²) in [5, 5.41) is 1.46. The highest BCUT2D eigenvalue weighted by Gasteiger charge is 2.68. The van der Waals surface area contributed by atoms with Crippen LogP contribution in [0.4, 0.5) is 26.1 Å². The van der Waals surface area contributed by atoms with E-state index < -0.39 is 22.8 Å². The zero-order valence-electron chi connectivity index (χ0n) is 22.5. The van der Waals surface area contributed by atoms with E-state index in [9.17, 15) is 17.2 Å². The fourth-order valence-corrected chi connectivity index (χ4v) is 8.28. The van der Waals surface area contributed by atoms with E-state index in [1.165, 1.54) is 16.4 Å². The number of benzene rings is 2. The van der Waals surface area contributed by atoms with Gasteiger partial charge in [0.25, 0.3) is 0 Å². The first kappa shape index (κ1) is 25.9. The number of hydrogen-bond donors (Lipinski definition) is 0. The maximum absolute atomic E-state index is 13.4. The van der Waals surface area contributed by atoms with Gasteiger partial charge in [0.15, 0.2) is 11.8 Å². The number of alkyl halides is 2. The summed E-state index contributed by atoms with van der Waals surface area (Å²) in [6.45, 7) is -0.369. The Morgan fingerprint density at radius 1 is 1.02 bits per heavy atom. The van der Waals surface area contributed by atoms with Gasteiger partial charge in [-0.2, -0.15) is 8.78 Å². The Bertz CT molecular complexity index is 1810. The number of morpholine rings is 2. The lowest BCUT2D eigenvalue weighted by Gasteiger charge is -2.49. The number of rotatable bonds is 5. The van der Waals surface area contributed by atoms with Crippen LogP contribution < -0.4 is 29.0 Å². The van der Waals surface area contributed by atoms with Crippen LogP contribution >= 0.6 is 0 Å². The number of anilines is 2. The molecule has 1 unspecified atom stereocenters. The van der Waals surface area contributed by atoms with Gasteiger partial charge in [0.1, 0.15) is 18.4 Å². The van der Waals surface area contributed by atoms with Gasteiger partial charge in [0.05, 0.1) is 55.3 Å². The van der Waals surface area contributed by atoms with Crippen LogP contribution in [0.2, 0.25) is 0 Å². The summed E-state index contributed by atoms with van der Waals surface area (Å²) in [5.74, 6) is 0.584. The number of fused-ring (bicyclic) bond motifs is 6. The third-order valence-electron chi connectivity index (χ3n) is 8.68. The van der Waals surface area contributed by atoms with Crippen LogP contribution in [0, 0.1) is 0 Å². The van der Waals surface area contributed by atoms with Gasteiger partial charge in [-0.25, -0.2) is 27.2 Å². The zero-order chi connectivity index (χ0) is 28.8. The Morgan fingerprint density at radius 2 is 1.74 bits per heavy atom. The lowest BCUT2D eigenvalue weighted by Crippen LogP contribution is -2.74. The fourth-order valence-electron chi connectivity index (χ4n) is 7.07. The van der Waals surface area contributed by atoms with Gasteiger partial charge in [-0.15, -0.1) is 0 Å². The maximum Gasteiger partial charge on any atom is 0.387 e. The van der Waals surface area contributed by atoms with Gasteiger partial charge >= 0.3 is 6.61 Å². The van der Waals surface area contributed by atoms with Crippen molar-refractivity contribution < 1.29 is 31.4 Å². The molecule has 14 heteroatoms. The van der Waals surface area contributed by atoms with Gasteiger partial charge < -0.3 is 19.1 Å². The number of halogens is 2. The van der Waals surface area contributed by atoms with E-state index in [0.717, 1.165) is 22.6 Å². The number of quaternary nitrogens is 1. The molecule has 0 N–H and O–H groups in total. The average molecular weight is 598 g/mol. The Hall–Kier alpha value is -3.72. The molecular weight excluding hydrogens is 570 g/mol. The largest absolute Gasteiger partial charge is 0.428 e. The Balaban J connectivity index is 1.21. The second-order valence-electron chi connectivity index (χ2n) is 11.2. The standard InChI is InChI=1S/C28H27F2N6O5S/c1-42(37,38)35-23-3-2-4-24(41-27(29)30)25(23)36-10-17-7-16(5-6-21(17)33-22(11-36)26(35)36)18-8-31-28(32-9-18)34-19-12-39-14-20(34)15-40-13-19/h2-10,19-20,22,26-27H,11-15H2,1H3/q+1/t19?,20?,22-,26?,36+/m1/s1. The molecule has 3 aromatic rings. The van der Waals surface area contributed by atoms with Gasteiger partial charge in [0.2, 0.25) is 27.8 Å². The second kappa shape index (κ2) is 9.14. The van der Waals surface area contributed by atoms with E-state index in [1.807, 2.05) is 24.4 Å². The minimum atomic E-state index is -3.75. The first-order chi connectivity index (χ1) is 20.2. The van der Waals surface area contributed by atoms with Crippen molar-refractivity contribution in [3.05, 3.63) is 59.4 Å². The minimum absolute atomic E-state index is 0.0211. The molecule has 0 aliphatic carbocycles. The number of para-hydroxylation sites is 1. The smallest absolute Gasteiger partial charge is 0.387 e. The Labute approximate surface area is 239 Å². The summed E-state index contributed by atoms with van der Waals surface area (Å²) < 4.78 is 70.5. The topological polar surface area (TPSA) is 106 Å². The number of nitrogens with zero attached hydrogens (tertiary/aromatic N) is 6. The first-order valence-corrected chi connectivity index (χ1v) is 15.5. The highest BCUT2D eigenvalue weighted by molar-refractivity contribution is 7.92. The van der Waals surface area contributed by atoms with Gasteiger partial charge in [-0.1, -0.05) is 12.1 Å². The Morgan fingerprint density at radius 3 is 2.40 bits per heavy atom. The van der Waals surface area contributed by atoms with E-state index in [0.29, 0.717) is 55.7 Å². The molecule has 0 radical (unpaired) electrons. The highest BCUT2D eigenvalue weighted by atomic mass is 32.2. The van der Waals surface area contributed by atoms with Crippen molar-refractivity contribution in [2.24, 2.45) is 4.99 Å². The summed E-state index contributed by atoms with van der Waals surface area (Å²) in [7, 11) is -3.75. The number of hydrogen-bond acceptors (Lipinski definition) is 9. The lowest BCUT2D eigenvalue weighted by molar-refractivity contribution is -0.0505. The lowest BCUT2D eigenvalue weighted by atomic mass is 10.0. The van der Waals surface area contributed by atoms with Crippen LogP contribution in [0.25, 0.3) is 17.3 Å². The van der Waals surface area contributed by atoms with Crippen molar-refractivity contribution in [3.8, 4) is 16.9 Å². The monoisotopic (exact) mass is 597 g/mol. The molecule has 2 aromatic carbocycles. The highest BCUT2D eigenvalue weighted by Crippen LogP contribution is 2.58. The quantitative estimate of drug-likeness (QED) is 0.405. The van der Waals surface area contributed by atoms with Gasteiger partial charge in [0, 0.05) is 18.0 Å². The molecule has 5 aliphatic rings. The molecule has 3 saturated heterocycles. The van der Waals surface area contributed by atoms with Crippen molar-refractivity contribution in [3.63, 3.8) is 0 Å². The average Bonchev–Trinajstić information content (AvgIpc) is 3.04. The molecule has 0 saturated carbocycles. The van der Waals surface area contributed by atoms with Crippen LogP contribution in [0.3, 0.4) is 0 Å². The molecule has 1 aromatic heterocycles. The van der Waals surface area contributed by atoms with Crippen molar-refractivity contribution in [2.45, 2.75) is 30.9 Å². The summed E-state index contributed by atoms with van der Waals surface area (Å²) in [6.07, 6.45) is 5.97. The summed E-state index contributed by atoms with van der Waals surface area (Å²) in [6, 6.07) is 10.2. The van der Waals surface area contributed by atoms with Crippen molar-refractivity contribution in [2.75, 3.05) is 48.4 Å². The summed E-state index contributed by atoms with van der Waals surface area (Å²) >= 11 is 0. The Kier molecular flexibility index (Phi) is 5.65. The number of aromatic nitrogens is 2. The van der Waals surface area contributed by atoms with E-state index in [2.05, 4.69) is 14.9 Å². The molecule has 0 amide bonds. The first-order valence-electron chi connectivity index (χ1n) is 13.7. The van der Waals surface area contributed by atoms with Crippen LogP contribution in [-0.2, 0) is 19.5 Å². The summed E-state index contributed by atoms with van der Waals surface area (Å²) in [5.41, 5.74) is 2.38. The van der Waals surface area contributed by atoms with Crippen LogP contribution in [0.1, 0.15) is 0 Å².